The topological polar surface area (TPSA) is 105 Å². The van der Waals surface area contributed by atoms with Crippen LogP contribution in [0.3, 0.4) is 0 Å². The Morgan fingerprint density at radius 1 is 0.875 bits per heavy atom. The first kappa shape index (κ1) is 33.2. The molecule has 0 spiro atoms. The summed E-state index contributed by atoms with van der Waals surface area (Å²) in [5.74, 6) is -0.962. The molecule has 4 rings (SSSR count). The molecular weight excluding hydrogens is 596 g/mol. The van der Waals surface area contributed by atoms with Gasteiger partial charge in [-0.25, -0.2) is 13.9 Å². The Kier molecular flexibility index (Phi) is 11.2. The third-order valence-corrected chi connectivity index (χ3v) is 8.88. The Morgan fingerprint density at radius 3 is 1.88 bits per heavy atom. The van der Waals surface area contributed by atoms with Crippen LogP contribution in [0.4, 0.5) is 13.2 Å². The molecule has 1 aliphatic heterocycles. The minimum atomic E-state index is -4.81. The molecule has 3 aromatic rings. The molecule has 0 aromatic heterocycles. The van der Waals surface area contributed by atoms with Gasteiger partial charge in [0.1, 0.15) is 17.2 Å². The van der Waals surface area contributed by atoms with E-state index in [0.29, 0.717) is 19.6 Å². The number of rotatable bonds is 8. The number of likely N-dealkylation sites (tertiary alicyclic amines) is 1. The Labute approximate surface area is 241 Å². The van der Waals surface area contributed by atoms with Gasteiger partial charge in [0.2, 0.25) is 0 Å². The highest BCUT2D eigenvalue weighted by Crippen LogP contribution is 2.37. The van der Waals surface area contributed by atoms with E-state index in [9.17, 15) is 31.6 Å². The van der Waals surface area contributed by atoms with Crippen LogP contribution >= 0.6 is 24.8 Å². The molecule has 1 amide bonds. The molecule has 1 aliphatic rings. The lowest BCUT2D eigenvalue weighted by Gasteiger charge is -2.39. The summed E-state index contributed by atoms with van der Waals surface area (Å²) in [5, 5.41) is 9.38. The smallest absolute Gasteiger partial charge is 0.457 e. The second kappa shape index (κ2) is 13.6. The van der Waals surface area contributed by atoms with E-state index in [1.807, 2.05) is 30.3 Å². The predicted molar refractivity (Wildman–Crippen MR) is 145 cm³/mol. The molecule has 0 bridgehead atoms. The number of hydroxylamine groups is 1. The van der Waals surface area contributed by atoms with E-state index in [1.165, 1.54) is 41.9 Å². The zero-order valence-corrected chi connectivity index (χ0v) is 23.3. The van der Waals surface area contributed by atoms with E-state index in [4.69, 9.17) is 4.74 Å². The number of hydrogen-bond donors (Lipinski definition) is 2. The fraction of sp³-hybridized carbons (Fsp3) is 0.269. The lowest BCUT2D eigenvalue weighted by atomic mass is 9.94. The number of piperidine rings is 1. The van der Waals surface area contributed by atoms with Crippen molar-refractivity contribution in [1.82, 2.24) is 10.4 Å². The van der Waals surface area contributed by atoms with Crippen LogP contribution in [0.15, 0.2) is 83.8 Å². The normalized spacial score (nSPS) is 15.2. The predicted octanol–water partition coefficient (Wildman–Crippen LogP) is 5.54. The molecule has 8 nitrogen and oxygen atoms in total. The Morgan fingerprint density at radius 2 is 1.38 bits per heavy atom. The lowest BCUT2D eigenvalue weighted by Crippen LogP contribution is -2.57. The Hall–Kier alpha value is -3.03. The van der Waals surface area contributed by atoms with Crippen LogP contribution in [0.5, 0.6) is 17.2 Å². The molecule has 1 heterocycles. The van der Waals surface area contributed by atoms with Crippen LogP contribution < -0.4 is 15.0 Å². The van der Waals surface area contributed by atoms with Crippen molar-refractivity contribution in [3.8, 4) is 17.2 Å². The van der Waals surface area contributed by atoms with E-state index in [2.05, 4.69) is 9.64 Å². The van der Waals surface area contributed by atoms with Crippen molar-refractivity contribution in [1.29, 1.82) is 0 Å². The number of nitrogens with zero attached hydrogens (tertiary/aromatic N) is 1. The van der Waals surface area contributed by atoms with Crippen LogP contribution in [0.25, 0.3) is 0 Å². The van der Waals surface area contributed by atoms with E-state index in [-0.39, 0.29) is 54.1 Å². The maximum Gasteiger partial charge on any atom is 0.573 e. The van der Waals surface area contributed by atoms with Crippen LogP contribution in [0.1, 0.15) is 18.4 Å². The molecule has 0 unspecified atom stereocenters. The molecule has 1 saturated heterocycles. The van der Waals surface area contributed by atoms with E-state index < -0.39 is 32.6 Å². The number of amides is 1. The maximum absolute atomic E-state index is 13.7. The van der Waals surface area contributed by atoms with Gasteiger partial charge >= 0.3 is 6.36 Å². The molecule has 218 valence electrons. The van der Waals surface area contributed by atoms with Gasteiger partial charge in [-0.2, -0.15) is 0 Å². The van der Waals surface area contributed by atoms with Gasteiger partial charge in [0.15, 0.2) is 14.6 Å². The average Bonchev–Trinajstić information content (AvgIpc) is 2.90. The van der Waals surface area contributed by atoms with Crippen molar-refractivity contribution in [2.75, 3.05) is 13.1 Å². The largest absolute Gasteiger partial charge is 0.573 e. The minimum absolute atomic E-state index is 0. The summed E-state index contributed by atoms with van der Waals surface area (Å²) in [7, 11) is -4.22. The fourth-order valence-corrected chi connectivity index (χ4v) is 6.35. The number of alkyl halides is 3. The minimum Gasteiger partial charge on any atom is -0.457 e. The number of sulfone groups is 1. The van der Waals surface area contributed by atoms with Crippen molar-refractivity contribution in [3.63, 3.8) is 0 Å². The van der Waals surface area contributed by atoms with Gasteiger partial charge in [0, 0.05) is 19.6 Å². The zero-order valence-electron chi connectivity index (χ0n) is 20.8. The van der Waals surface area contributed by atoms with E-state index in [1.54, 1.807) is 0 Å². The number of halogens is 5. The molecule has 14 heteroatoms. The van der Waals surface area contributed by atoms with E-state index in [0.717, 1.165) is 17.7 Å². The van der Waals surface area contributed by atoms with Crippen molar-refractivity contribution >= 4 is 40.6 Å². The molecule has 2 N–H and O–H groups in total. The number of carbonyl (C=O) groups excluding carboxylic acids is 1. The molecule has 3 aromatic carbocycles. The number of hydrogen-bond acceptors (Lipinski definition) is 7. The number of nitrogens with one attached hydrogen (secondary N) is 1. The number of ether oxygens (including phenoxy) is 2. The molecule has 0 atom stereocenters. The molecule has 0 aliphatic carbocycles. The highest BCUT2D eigenvalue weighted by molar-refractivity contribution is 7.93. The summed E-state index contributed by atoms with van der Waals surface area (Å²) in [5.41, 5.74) is 2.60. The zero-order chi connectivity index (χ0) is 27.4. The molecule has 0 saturated carbocycles. The monoisotopic (exact) mass is 622 g/mol. The van der Waals surface area contributed by atoms with Gasteiger partial charge in [-0.15, -0.1) is 38.0 Å². The first-order valence-corrected chi connectivity index (χ1v) is 13.1. The van der Waals surface area contributed by atoms with Gasteiger partial charge in [-0.3, -0.25) is 14.9 Å². The second-order valence-electron chi connectivity index (χ2n) is 8.79. The van der Waals surface area contributed by atoms with Crippen LogP contribution in [-0.4, -0.2) is 48.6 Å². The van der Waals surface area contributed by atoms with Crippen molar-refractivity contribution in [2.45, 2.75) is 35.4 Å². The van der Waals surface area contributed by atoms with Gasteiger partial charge in [0.25, 0.3) is 5.91 Å². The van der Waals surface area contributed by atoms with Crippen LogP contribution in [-0.2, 0) is 21.2 Å². The third-order valence-electron chi connectivity index (χ3n) is 6.37. The maximum atomic E-state index is 13.7. The van der Waals surface area contributed by atoms with Crippen LogP contribution in [0, 0.1) is 0 Å². The first-order chi connectivity index (χ1) is 18.0. The van der Waals surface area contributed by atoms with Crippen LogP contribution in [0.2, 0.25) is 0 Å². The van der Waals surface area contributed by atoms with Gasteiger partial charge < -0.3 is 9.47 Å². The summed E-state index contributed by atoms with van der Waals surface area (Å²) in [6, 6.07) is 19.7. The molecule has 40 heavy (non-hydrogen) atoms. The summed E-state index contributed by atoms with van der Waals surface area (Å²) in [4.78, 5) is 14.7. The summed E-state index contributed by atoms with van der Waals surface area (Å²) < 4.78 is 71.8. The van der Waals surface area contributed by atoms with Crippen molar-refractivity contribution in [2.24, 2.45) is 0 Å². The Bertz CT molecular complexity index is 1350. The number of benzene rings is 3. The average molecular weight is 623 g/mol. The van der Waals surface area contributed by atoms with Gasteiger partial charge in [-0.1, -0.05) is 30.3 Å². The standard InChI is InChI=1S/C26H25F3N2O6S.2ClH/c27-26(28,29)37-22-8-6-20(7-9-22)36-21-10-12-23(13-11-21)38(34,35)25(24(32)30-33)14-16-31(17-15-25)18-19-4-2-1-3-5-19;;/h1-13,33H,14-18H2,(H,30,32);2*1H. The van der Waals surface area contributed by atoms with E-state index >= 15 is 0 Å². The molecule has 1 fully saturated rings. The fourth-order valence-electron chi connectivity index (χ4n) is 4.39. The van der Waals surface area contributed by atoms with Gasteiger partial charge in [0.05, 0.1) is 4.90 Å². The third kappa shape index (κ3) is 7.58. The quantitative estimate of drug-likeness (QED) is 0.251. The highest BCUT2D eigenvalue weighted by atomic mass is 35.5. The molecular formula is C26H27Cl2F3N2O6S. The summed E-state index contributed by atoms with van der Waals surface area (Å²) in [6.07, 6.45) is -4.84. The molecule has 0 radical (unpaired) electrons. The first-order valence-electron chi connectivity index (χ1n) is 11.6. The highest BCUT2D eigenvalue weighted by Gasteiger charge is 2.52. The summed E-state index contributed by atoms with van der Waals surface area (Å²) in [6.45, 7) is 1.26. The Balaban J connectivity index is 0.00000280. The number of carbonyl (C=O) groups is 1. The lowest BCUT2D eigenvalue weighted by molar-refractivity contribution is -0.274. The second-order valence-corrected chi connectivity index (χ2v) is 11.1. The SMILES string of the molecule is Cl.Cl.O=C(NO)C1(S(=O)(=O)c2ccc(Oc3ccc(OC(F)(F)F)cc3)cc2)CCN(Cc2ccccc2)CC1. The van der Waals surface area contributed by atoms with Gasteiger partial charge in [-0.05, 0) is 66.9 Å². The van der Waals surface area contributed by atoms with Crippen molar-refractivity contribution in [3.05, 3.63) is 84.4 Å². The van der Waals surface area contributed by atoms with Crippen molar-refractivity contribution < 1.29 is 41.1 Å². The summed E-state index contributed by atoms with van der Waals surface area (Å²) >= 11 is 0.